The second-order valence-electron chi connectivity index (χ2n) is 9.11. The lowest BCUT2D eigenvalue weighted by Crippen LogP contribution is -2.46. The summed E-state index contributed by atoms with van der Waals surface area (Å²) in [6.45, 7) is 4.17. The van der Waals surface area contributed by atoms with E-state index in [1.54, 1.807) is 17.2 Å². The van der Waals surface area contributed by atoms with Gasteiger partial charge in [0.05, 0.1) is 17.8 Å². The molecule has 7 rings (SSSR count). The van der Waals surface area contributed by atoms with Gasteiger partial charge < -0.3 is 4.90 Å². The van der Waals surface area contributed by atoms with Crippen molar-refractivity contribution in [3.8, 4) is 23.0 Å². The second kappa shape index (κ2) is 7.66. The van der Waals surface area contributed by atoms with E-state index in [2.05, 4.69) is 41.7 Å². The molecule has 174 valence electrons. The molecule has 0 radical (unpaired) electrons. The van der Waals surface area contributed by atoms with Crippen LogP contribution in [-0.4, -0.2) is 50.5 Å². The molecule has 0 N–H and O–H groups in total. The Labute approximate surface area is 201 Å². The van der Waals surface area contributed by atoms with Crippen molar-refractivity contribution in [2.45, 2.75) is 51.6 Å². The number of fused-ring (bicyclic) bond motifs is 4. The fourth-order valence-corrected chi connectivity index (χ4v) is 5.31. The smallest absolute Gasteiger partial charge is 0.254 e. The predicted octanol–water partition coefficient (Wildman–Crippen LogP) is 3.99. The Morgan fingerprint density at radius 3 is 2.77 bits per heavy atom. The minimum atomic E-state index is 0.121. The van der Waals surface area contributed by atoms with E-state index in [4.69, 9.17) is 9.97 Å². The molecule has 10 heteroatoms. The molecule has 4 aromatic heterocycles. The maximum Gasteiger partial charge on any atom is 0.254 e. The number of pyridine rings is 1. The van der Waals surface area contributed by atoms with Crippen LogP contribution in [0.2, 0.25) is 0 Å². The van der Waals surface area contributed by atoms with Crippen LogP contribution in [0.1, 0.15) is 50.3 Å². The highest BCUT2D eigenvalue weighted by atomic mass is 15.4. The minimum Gasteiger partial charge on any atom is -0.341 e. The van der Waals surface area contributed by atoms with Gasteiger partial charge in [0.2, 0.25) is 0 Å². The van der Waals surface area contributed by atoms with Crippen molar-refractivity contribution in [1.29, 1.82) is 0 Å². The van der Waals surface area contributed by atoms with Crippen LogP contribution in [0.5, 0.6) is 0 Å². The number of aromatic nitrogens is 9. The largest absolute Gasteiger partial charge is 0.341 e. The lowest BCUT2D eigenvalue weighted by molar-refractivity contribution is 0.341. The lowest BCUT2D eigenvalue weighted by atomic mass is 9.89. The summed E-state index contributed by atoms with van der Waals surface area (Å²) >= 11 is 0. The molecule has 5 heterocycles. The van der Waals surface area contributed by atoms with E-state index in [0.29, 0.717) is 17.8 Å². The van der Waals surface area contributed by atoms with Crippen molar-refractivity contribution in [1.82, 2.24) is 44.5 Å². The number of anilines is 1. The molecule has 0 amide bonds. The topological polar surface area (TPSA) is 103 Å². The van der Waals surface area contributed by atoms with Crippen LogP contribution < -0.4 is 4.90 Å². The number of nitrogens with zero attached hydrogens (tertiary/aromatic N) is 10. The van der Waals surface area contributed by atoms with E-state index in [-0.39, 0.29) is 6.04 Å². The van der Waals surface area contributed by atoms with Crippen molar-refractivity contribution in [2.75, 3.05) is 4.90 Å². The summed E-state index contributed by atoms with van der Waals surface area (Å²) in [5, 5.41) is 14.5. The van der Waals surface area contributed by atoms with Gasteiger partial charge >= 0.3 is 0 Å². The van der Waals surface area contributed by atoms with Crippen molar-refractivity contribution in [3.05, 3.63) is 60.7 Å². The van der Waals surface area contributed by atoms with E-state index in [9.17, 15) is 0 Å². The Balaban J connectivity index is 1.41. The van der Waals surface area contributed by atoms with Gasteiger partial charge in [-0.3, -0.25) is 9.55 Å². The van der Waals surface area contributed by atoms with Gasteiger partial charge in [0.25, 0.3) is 5.95 Å². The zero-order valence-corrected chi connectivity index (χ0v) is 19.6. The molecule has 10 nitrogen and oxygen atoms in total. The van der Waals surface area contributed by atoms with Gasteiger partial charge in [-0.25, -0.2) is 9.97 Å². The average Bonchev–Trinajstić information content (AvgIpc) is 3.50. The fraction of sp³-hybridized carbons (Fsp3) is 0.320. The summed E-state index contributed by atoms with van der Waals surface area (Å²) in [6.07, 6.45) is 9.67. The molecule has 1 aliphatic carbocycles. The maximum absolute atomic E-state index is 5.11. The summed E-state index contributed by atoms with van der Waals surface area (Å²) in [4.78, 5) is 21.4. The lowest BCUT2D eigenvalue weighted by Gasteiger charge is -2.45. The number of aryl methyl sites for hydroxylation is 1. The summed E-state index contributed by atoms with van der Waals surface area (Å²) in [5.41, 5.74) is 2.76. The molecular weight excluding hydrogens is 440 g/mol. The first-order valence-corrected chi connectivity index (χ1v) is 12.1. The first-order chi connectivity index (χ1) is 17.2. The van der Waals surface area contributed by atoms with Crippen LogP contribution in [0.3, 0.4) is 0 Å². The Morgan fingerprint density at radius 1 is 1.03 bits per heavy atom. The van der Waals surface area contributed by atoms with Gasteiger partial charge in [-0.05, 0) is 44.7 Å². The summed E-state index contributed by atoms with van der Waals surface area (Å²) < 4.78 is 3.82. The van der Waals surface area contributed by atoms with Gasteiger partial charge in [-0.2, -0.15) is 14.8 Å². The summed E-state index contributed by atoms with van der Waals surface area (Å²) in [6, 6.07) is 10.5. The highest BCUT2D eigenvalue weighted by molar-refractivity contribution is 5.92. The first kappa shape index (κ1) is 20.2. The predicted molar refractivity (Wildman–Crippen MR) is 130 cm³/mol. The van der Waals surface area contributed by atoms with Crippen LogP contribution in [0.15, 0.2) is 49.1 Å². The molecule has 35 heavy (non-hydrogen) atoms. The van der Waals surface area contributed by atoms with Crippen molar-refractivity contribution < 1.29 is 0 Å². The number of hydrogen-bond acceptors (Lipinski definition) is 8. The molecular formula is C25H24N10. The van der Waals surface area contributed by atoms with Crippen LogP contribution in [0.4, 0.5) is 5.82 Å². The Kier molecular flexibility index (Phi) is 4.42. The van der Waals surface area contributed by atoms with Crippen LogP contribution in [0.25, 0.3) is 33.9 Å². The molecule has 2 aliphatic rings. The fourth-order valence-electron chi connectivity index (χ4n) is 5.31. The Bertz CT molecular complexity index is 1560. The van der Waals surface area contributed by atoms with Crippen LogP contribution in [0, 0.1) is 6.92 Å². The molecule has 1 atom stereocenters. The first-order valence-electron chi connectivity index (χ1n) is 12.1. The van der Waals surface area contributed by atoms with E-state index in [1.165, 1.54) is 6.42 Å². The monoisotopic (exact) mass is 464 g/mol. The van der Waals surface area contributed by atoms with Gasteiger partial charge in [-0.15, -0.1) is 10.2 Å². The van der Waals surface area contributed by atoms with E-state index >= 15 is 0 Å². The van der Waals surface area contributed by atoms with E-state index < -0.39 is 0 Å². The summed E-state index contributed by atoms with van der Waals surface area (Å²) in [7, 11) is 0. The molecule has 0 bridgehead atoms. The van der Waals surface area contributed by atoms with Crippen LogP contribution in [-0.2, 0) is 0 Å². The SMILES string of the molecule is CC[C@@H]1c2nnc(C)n2-c2cnc(-n3ncnc3-c3cccc4ncccc34)nc2N1C1CCC1. The molecule has 0 unspecified atom stereocenters. The van der Waals surface area contributed by atoms with Gasteiger partial charge in [-0.1, -0.05) is 25.1 Å². The zero-order valence-electron chi connectivity index (χ0n) is 19.6. The summed E-state index contributed by atoms with van der Waals surface area (Å²) in [5.74, 6) is 3.88. The molecule has 1 saturated carbocycles. The van der Waals surface area contributed by atoms with Crippen molar-refractivity contribution >= 4 is 16.7 Å². The maximum atomic E-state index is 5.11. The molecule has 0 spiro atoms. The second-order valence-corrected chi connectivity index (χ2v) is 9.11. The standard InChI is InChI=1S/C25H24N10/c1-3-20-24-32-31-15(2)33(24)21-13-27-25(30-23(21)34(20)16-7-4-8-16)35-22(28-14-29-35)18-9-5-11-19-17(18)10-6-12-26-19/h5-6,9-14,16,20H,3-4,7-8H2,1-2H3/t20-/m1/s1. The van der Waals surface area contributed by atoms with E-state index in [1.807, 2.05) is 43.5 Å². The van der Waals surface area contributed by atoms with Gasteiger partial charge in [0.1, 0.15) is 17.8 Å². The Hall–Kier alpha value is -4.21. The van der Waals surface area contributed by atoms with E-state index in [0.717, 1.165) is 58.9 Å². The van der Waals surface area contributed by atoms with Gasteiger partial charge in [0, 0.05) is 23.2 Å². The average molecular weight is 465 g/mol. The number of rotatable bonds is 4. The molecule has 1 aromatic carbocycles. The molecule has 1 fully saturated rings. The highest BCUT2D eigenvalue weighted by Gasteiger charge is 2.40. The highest BCUT2D eigenvalue weighted by Crippen LogP contribution is 2.44. The van der Waals surface area contributed by atoms with Gasteiger partial charge in [0.15, 0.2) is 17.5 Å². The van der Waals surface area contributed by atoms with Crippen LogP contribution >= 0.6 is 0 Å². The quantitative estimate of drug-likeness (QED) is 0.393. The third kappa shape index (κ3) is 2.92. The minimum absolute atomic E-state index is 0.121. The zero-order chi connectivity index (χ0) is 23.5. The van der Waals surface area contributed by atoms with Crippen molar-refractivity contribution in [2.24, 2.45) is 0 Å². The van der Waals surface area contributed by atoms with Crippen molar-refractivity contribution in [3.63, 3.8) is 0 Å². The third-order valence-electron chi connectivity index (χ3n) is 7.19. The molecule has 0 saturated heterocycles. The number of hydrogen-bond donors (Lipinski definition) is 0. The number of benzene rings is 1. The normalized spacial score (nSPS) is 17.3. The third-order valence-corrected chi connectivity index (χ3v) is 7.19. The Morgan fingerprint density at radius 2 is 1.94 bits per heavy atom. The molecule has 5 aromatic rings. The molecule has 1 aliphatic heterocycles.